The molecule has 0 saturated carbocycles. The van der Waals surface area contributed by atoms with E-state index in [4.69, 9.17) is 4.42 Å². The average Bonchev–Trinajstić information content (AvgIpc) is 2.92. The Kier molecular flexibility index (Phi) is 6.06. The van der Waals surface area contributed by atoms with E-state index < -0.39 is 0 Å². The van der Waals surface area contributed by atoms with Crippen LogP contribution in [0, 0.1) is 0 Å². The summed E-state index contributed by atoms with van der Waals surface area (Å²) in [4.78, 5) is 0. The van der Waals surface area contributed by atoms with Gasteiger partial charge < -0.3 is 9.73 Å². The van der Waals surface area contributed by atoms with Crippen LogP contribution in [0.2, 0.25) is 0 Å². The second kappa shape index (κ2) is 7.81. The lowest BCUT2D eigenvalue weighted by molar-refractivity contribution is 0.446. The van der Waals surface area contributed by atoms with Crippen LogP contribution in [0.5, 0.6) is 0 Å². The van der Waals surface area contributed by atoms with Crippen molar-refractivity contribution in [1.29, 1.82) is 0 Å². The Hall–Kier alpha value is -0.850. The van der Waals surface area contributed by atoms with E-state index >= 15 is 0 Å². The van der Waals surface area contributed by atoms with E-state index in [-0.39, 0.29) is 0 Å². The normalized spacial score (nSPS) is 12.6. The van der Waals surface area contributed by atoms with Gasteiger partial charge in [0, 0.05) is 16.3 Å². The molecule has 0 aliphatic heterocycles. The first-order valence-corrected chi connectivity index (χ1v) is 8.72. The van der Waals surface area contributed by atoms with Crippen molar-refractivity contribution in [2.75, 3.05) is 12.0 Å². The van der Waals surface area contributed by atoms with Crippen LogP contribution in [0.1, 0.15) is 19.2 Å². The van der Waals surface area contributed by atoms with E-state index in [0.717, 1.165) is 22.2 Å². The van der Waals surface area contributed by atoms with Crippen LogP contribution in [0.25, 0.3) is 11.5 Å². The van der Waals surface area contributed by atoms with Crippen LogP contribution in [0.15, 0.2) is 33.2 Å². The van der Waals surface area contributed by atoms with Crippen molar-refractivity contribution in [3.05, 3.63) is 34.6 Å². The predicted octanol–water partition coefficient (Wildman–Crippen LogP) is 3.73. The molecule has 1 unspecified atom stereocenters. The van der Waals surface area contributed by atoms with Crippen molar-refractivity contribution in [1.82, 2.24) is 15.5 Å². The molecule has 2 rings (SSSR count). The molecule has 2 aromatic rings. The summed E-state index contributed by atoms with van der Waals surface area (Å²) in [6.07, 6.45) is 3.20. The van der Waals surface area contributed by atoms with Crippen LogP contribution in [-0.4, -0.2) is 28.2 Å². The lowest BCUT2D eigenvalue weighted by atomic mass is 10.2. The quantitative estimate of drug-likeness (QED) is 0.819. The molecule has 0 aliphatic carbocycles. The monoisotopic (exact) mass is 355 g/mol. The largest absolute Gasteiger partial charge is 0.419 e. The number of hydrogen-bond acceptors (Lipinski definition) is 5. The molecule has 0 spiro atoms. The van der Waals surface area contributed by atoms with E-state index in [9.17, 15) is 0 Å². The number of nitrogens with zero attached hydrogens (tertiary/aromatic N) is 2. The fraction of sp³-hybridized carbons (Fsp3) is 0.429. The van der Waals surface area contributed by atoms with E-state index in [1.807, 2.05) is 36.0 Å². The van der Waals surface area contributed by atoms with Gasteiger partial charge in [-0.1, -0.05) is 19.1 Å². The zero-order valence-corrected chi connectivity index (χ0v) is 14.0. The number of hydrogen-bond donors (Lipinski definition) is 1. The second-order valence-corrected chi connectivity index (χ2v) is 6.19. The van der Waals surface area contributed by atoms with Crippen LogP contribution in [0.4, 0.5) is 0 Å². The first-order valence-electron chi connectivity index (χ1n) is 6.54. The molecule has 6 heteroatoms. The minimum atomic E-state index is 0.476. The Labute approximate surface area is 131 Å². The fourth-order valence-electron chi connectivity index (χ4n) is 1.82. The van der Waals surface area contributed by atoms with Crippen molar-refractivity contribution in [3.63, 3.8) is 0 Å². The number of aromatic nitrogens is 2. The van der Waals surface area contributed by atoms with Gasteiger partial charge in [0.15, 0.2) is 0 Å². The Morgan fingerprint density at radius 1 is 1.35 bits per heavy atom. The van der Waals surface area contributed by atoms with Gasteiger partial charge >= 0.3 is 0 Å². The minimum absolute atomic E-state index is 0.476. The molecule has 4 nitrogen and oxygen atoms in total. The Balaban J connectivity index is 2.01. The highest BCUT2D eigenvalue weighted by Crippen LogP contribution is 2.26. The van der Waals surface area contributed by atoms with Crippen molar-refractivity contribution in [2.24, 2.45) is 0 Å². The Morgan fingerprint density at radius 2 is 2.15 bits per heavy atom. The smallest absolute Gasteiger partial charge is 0.248 e. The highest BCUT2D eigenvalue weighted by Gasteiger charge is 2.12. The molecule has 20 heavy (non-hydrogen) atoms. The van der Waals surface area contributed by atoms with E-state index in [1.165, 1.54) is 0 Å². The summed E-state index contributed by atoms with van der Waals surface area (Å²) in [7, 11) is 0. The maximum atomic E-state index is 5.70. The summed E-state index contributed by atoms with van der Waals surface area (Å²) in [6, 6.07) is 8.30. The van der Waals surface area contributed by atoms with Gasteiger partial charge in [-0.3, -0.25) is 0 Å². The molecule has 0 bridgehead atoms. The van der Waals surface area contributed by atoms with Crippen molar-refractivity contribution >= 4 is 27.7 Å². The molecule has 1 heterocycles. The van der Waals surface area contributed by atoms with Crippen molar-refractivity contribution in [3.8, 4) is 11.5 Å². The van der Waals surface area contributed by atoms with Gasteiger partial charge in [0.05, 0.1) is 12.1 Å². The molecule has 1 N–H and O–H groups in total. The predicted molar refractivity (Wildman–Crippen MR) is 86.7 cm³/mol. The minimum Gasteiger partial charge on any atom is -0.419 e. The van der Waals surface area contributed by atoms with Crippen molar-refractivity contribution in [2.45, 2.75) is 25.9 Å². The zero-order valence-electron chi connectivity index (χ0n) is 11.6. The first kappa shape index (κ1) is 15.5. The molecule has 0 fully saturated rings. The van der Waals surface area contributed by atoms with Gasteiger partial charge in [0.1, 0.15) is 0 Å². The summed E-state index contributed by atoms with van der Waals surface area (Å²) in [5.41, 5.74) is 0.919. The SMILES string of the molecule is CCC(CSC)NCc1nnc(-c2ccccc2Br)o1. The summed E-state index contributed by atoms with van der Waals surface area (Å²) < 4.78 is 6.66. The van der Waals surface area contributed by atoms with Crippen LogP contribution in [-0.2, 0) is 6.54 Å². The van der Waals surface area contributed by atoms with E-state index in [1.54, 1.807) is 0 Å². The summed E-state index contributed by atoms with van der Waals surface area (Å²) in [5.74, 6) is 2.25. The van der Waals surface area contributed by atoms with Gasteiger partial charge in [0.2, 0.25) is 11.8 Å². The molecule has 108 valence electrons. The third-order valence-electron chi connectivity index (χ3n) is 2.97. The number of rotatable bonds is 7. The standard InChI is InChI=1S/C14H18BrN3OS/c1-3-10(9-20-2)16-8-13-17-18-14(19-13)11-6-4-5-7-12(11)15/h4-7,10,16H,3,8-9H2,1-2H3. The first-order chi connectivity index (χ1) is 9.74. The highest BCUT2D eigenvalue weighted by molar-refractivity contribution is 9.10. The lowest BCUT2D eigenvalue weighted by Gasteiger charge is -2.13. The van der Waals surface area contributed by atoms with Gasteiger partial charge in [-0.15, -0.1) is 10.2 Å². The van der Waals surface area contributed by atoms with Crippen LogP contribution in [0.3, 0.4) is 0 Å². The fourth-order valence-corrected chi connectivity index (χ4v) is 3.03. The highest BCUT2D eigenvalue weighted by atomic mass is 79.9. The van der Waals surface area contributed by atoms with Gasteiger partial charge in [-0.2, -0.15) is 11.8 Å². The molecule has 1 aromatic carbocycles. The molecular formula is C14H18BrN3OS. The number of benzene rings is 1. The lowest BCUT2D eigenvalue weighted by Crippen LogP contribution is -2.30. The van der Waals surface area contributed by atoms with Gasteiger partial charge in [0.25, 0.3) is 0 Å². The van der Waals surface area contributed by atoms with Crippen LogP contribution >= 0.6 is 27.7 Å². The molecule has 0 aliphatic rings. The third-order valence-corrected chi connectivity index (χ3v) is 4.40. The summed E-state index contributed by atoms with van der Waals surface area (Å²) in [5, 5.41) is 11.6. The Morgan fingerprint density at radius 3 is 2.85 bits per heavy atom. The maximum absolute atomic E-state index is 5.70. The summed E-state index contributed by atoms with van der Waals surface area (Å²) in [6.45, 7) is 2.78. The molecule has 1 aromatic heterocycles. The number of thioether (sulfide) groups is 1. The van der Waals surface area contributed by atoms with E-state index in [2.05, 4.69) is 44.6 Å². The molecule has 0 radical (unpaired) electrons. The van der Waals surface area contributed by atoms with E-state index in [0.29, 0.717) is 24.4 Å². The maximum Gasteiger partial charge on any atom is 0.248 e. The topological polar surface area (TPSA) is 51.0 Å². The average molecular weight is 356 g/mol. The Bertz CT molecular complexity index is 547. The molecule has 0 amide bonds. The number of halogens is 1. The molecule has 0 saturated heterocycles. The molecular weight excluding hydrogens is 338 g/mol. The third kappa shape index (κ3) is 4.07. The van der Waals surface area contributed by atoms with Gasteiger partial charge in [-0.05, 0) is 40.7 Å². The zero-order chi connectivity index (χ0) is 14.4. The van der Waals surface area contributed by atoms with Gasteiger partial charge in [-0.25, -0.2) is 0 Å². The summed E-state index contributed by atoms with van der Waals surface area (Å²) >= 11 is 5.33. The van der Waals surface area contributed by atoms with Crippen molar-refractivity contribution < 1.29 is 4.42 Å². The second-order valence-electron chi connectivity index (χ2n) is 4.42. The molecule has 1 atom stereocenters. The number of nitrogens with one attached hydrogen (secondary N) is 1. The van der Waals surface area contributed by atoms with Crippen LogP contribution < -0.4 is 5.32 Å².